The summed E-state index contributed by atoms with van der Waals surface area (Å²) < 4.78 is 1.86. The summed E-state index contributed by atoms with van der Waals surface area (Å²) in [5.41, 5.74) is 2.96. The first-order chi connectivity index (χ1) is 8.94. The molecule has 20 heavy (non-hydrogen) atoms. The van der Waals surface area contributed by atoms with Gasteiger partial charge in [0.05, 0.1) is 11.1 Å². The molecule has 1 aliphatic heterocycles. The summed E-state index contributed by atoms with van der Waals surface area (Å²) in [7, 11) is 1.93. The molecule has 1 unspecified atom stereocenters. The molecule has 1 fully saturated rings. The highest BCUT2D eigenvalue weighted by Crippen LogP contribution is 2.25. The van der Waals surface area contributed by atoms with Gasteiger partial charge in [0.25, 0.3) is 0 Å². The van der Waals surface area contributed by atoms with Crippen molar-refractivity contribution in [3.8, 4) is 0 Å². The number of carbonyl (C=O) groups is 1. The smallest absolute Gasteiger partial charge is 0.227 e. The lowest BCUT2D eigenvalue weighted by atomic mass is 9.82. The molecule has 1 amide bonds. The van der Waals surface area contributed by atoms with E-state index in [1.807, 2.05) is 32.5 Å². The first kappa shape index (κ1) is 17.0. The van der Waals surface area contributed by atoms with E-state index in [0.717, 1.165) is 42.9 Å². The Hall–Kier alpha value is -1.07. The molecule has 0 aliphatic carbocycles. The molecule has 0 aromatic carbocycles. The van der Waals surface area contributed by atoms with Crippen LogP contribution in [0.3, 0.4) is 0 Å². The molecule has 1 saturated heterocycles. The standard InChI is InChI=1S/C14H24N4O.ClH/c1-10-12(11(2)18(4)17-10)8-16-13(19)14(3)6-5-7-15-9-14;/h15H,5-9H2,1-4H3,(H,16,19);1H. The predicted octanol–water partition coefficient (Wildman–Crippen LogP) is 1.46. The molecule has 1 aliphatic rings. The van der Waals surface area contributed by atoms with Gasteiger partial charge in [-0.2, -0.15) is 5.10 Å². The average Bonchev–Trinajstić information content (AvgIpc) is 2.62. The number of amides is 1. The Morgan fingerprint density at radius 3 is 2.70 bits per heavy atom. The van der Waals surface area contributed by atoms with E-state index in [9.17, 15) is 4.79 Å². The first-order valence-corrected chi connectivity index (χ1v) is 6.92. The summed E-state index contributed by atoms with van der Waals surface area (Å²) in [5, 5.41) is 10.7. The SMILES string of the molecule is Cc1nn(C)c(C)c1CNC(=O)C1(C)CCCNC1.Cl. The minimum Gasteiger partial charge on any atom is -0.351 e. The topological polar surface area (TPSA) is 59.0 Å². The number of piperidine rings is 1. The summed E-state index contributed by atoms with van der Waals surface area (Å²) in [5.74, 6) is 0.141. The van der Waals surface area contributed by atoms with Gasteiger partial charge in [0, 0.05) is 31.4 Å². The van der Waals surface area contributed by atoms with Gasteiger partial charge in [-0.25, -0.2) is 0 Å². The zero-order valence-electron chi connectivity index (χ0n) is 12.7. The summed E-state index contributed by atoms with van der Waals surface area (Å²) >= 11 is 0. The summed E-state index contributed by atoms with van der Waals surface area (Å²) in [6, 6.07) is 0. The molecule has 0 bridgehead atoms. The second kappa shape index (κ2) is 6.59. The monoisotopic (exact) mass is 300 g/mol. The van der Waals surface area contributed by atoms with Crippen molar-refractivity contribution < 1.29 is 4.79 Å². The van der Waals surface area contributed by atoms with Crippen LogP contribution in [0, 0.1) is 19.3 Å². The largest absolute Gasteiger partial charge is 0.351 e. The maximum absolute atomic E-state index is 12.3. The van der Waals surface area contributed by atoms with Gasteiger partial charge < -0.3 is 10.6 Å². The maximum Gasteiger partial charge on any atom is 0.227 e. The van der Waals surface area contributed by atoms with Crippen LogP contribution in [0.2, 0.25) is 0 Å². The van der Waals surface area contributed by atoms with E-state index in [1.165, 1.54) is 0 Å². The van der Waals surface area contributed by atoms with Crippen molar-refractivity contribution in [2.45, 2.75) is 40.2 Å². The molecule has 2 N–H and O–H groups in total. The lowest BCUT2D eigenvalue weighted by Crippen LogP contribution is -2.48. The fourth-order valence-corrected chi connectivity index (χ4v) is 2.71. The Bertz CT molecular complexity index is 478. The quantitative estimate of drug-likeness (QED) is 0.888. The number of carbonyl (C=O) groups excluding carboxylic acids is 1. The van der Waals surface area contributed by atoms with Crippen LogP contribution < -0.4 is 10.6 Å². The highest BCUT2D eigenvalue weighted by Gasteiger charge is 2.34. The Kier molecular flexibility index (Phi) is 5.59. The Morgan fingerprint density at radius 1 is 1.50 bits per heavy atom. The molecule has 114 valence electrons. The highest BCUT2D eigenvalue weighted by atomic mass is 35.5. The molecule has 2 rings (SSSR count). The van der Waals surface area contributed by atoms with Crippen LogP contribution in [0.1, 0.15) is 36.7 Å². The summed E-state index contributed by atoms with van der Waals surface area (Å²) in [6.07, 6.45) is 2.02. The average molecular weight is 301 g/mol. The van der Waals surface area contributed by atoms with Crippen LogP contribution in [0.25, 0.3) is 0 Å². The van der Waals surface area contributed by atoms with Gasteiger partial charge in [0.15, 0.2) is 0 Å². The molecule has 1 aromatic rings. The molecule has 2 heterocycles. The fraction of sp³-hybridized carbons (Fsp3) is 0.714. The first-order valence-electron chi connectivity index (χ1n) is 6.92. The number of halogens is 1. The number of rotatable bonds is 3. The van der Waals surface area contributed by atoms with E-state index in [2.05, 4.69) is 15.7 Å². The summed E-state index contributed by atoms with van der Waals surface area (Å²) in [6.45, 7) is 8.41. The molecular weight excluding hydrogens is 276 g/mol. The van der Waals surface area contributed by atoms with Gasteiger partial charge in [-0.15, -0.1) is 12.4 Å². The van der Waals surface area contributed by atoms with Gasteiger partial charge in [-0.1, -0.05) is 0 Å². The van der Waals surface area contributed by atoms with Crippen LogP contribution in [0.4, 0.5) is 0 Å². The van der Waals surface area contributed by atoms with E-state index < -0.39 is 0 Å². The normalized spacial score (nSPS) is 22.2. The van der Waals surface area contributed by atoms with Gasteiger partial charge in [0.2, 0.25) is 5.91 Å². The van der Waals surface area contributed by atoms with Gasteiger partial charge in [-0.3, -0.25) is 9.48 Å². The Labute approximate surface area is 126 Å². The minimum atomic E-state index is -0.276. The minimum absolute atomic E-state index is 0. The molecule has 5 nitrogen and oxygen atoms in total. The predicted molar refractivity (Wildman–Crippen MR) is 82.0 cm³/mol. The number of hydrogen-bond donors (Lipinski definition) is 2. The third kappa shape index (κ3) is 3.33. The van der Waals surface area contributed by atoms with Crippen molar-refractivity contribution >= 4 is 18.3 Å². The van der Waals surface area contributed by atoms with Crippen LogP contribution in [0.5, 0.6) is 0 Å². The number of aromatic nitrogens is 2. The van der Waals surface area contributed by atoms with Crippen molar-refractivity contribution in [3.63, 3.8) is 0 Å². The van der Waals surface area contributed by atoms with Crippen molar-refractivity contribution in [1.82, 2.24) is 20.4 Å². The van der Waals surface area contributed by atoms with Gasteiger partial charge in [-0.05, 0) is 40.2 Å². The molecule has 0 spiro atoms. The maximum atomic E-state index is 12.3. The number of hydrogen-bond acceptors (Lipinski definition) is 3. The Morgan fingerprint density at radius 2 is 2.20 bits per heavy atom. The fourth-order valence-electron chi connectivity index (χ4n) is 2.71. The summed E-state index contributed by atoms with van der Waals surface area (Å²) in [4.78, 5) is 12.3. The molecular formula is C14H25ClN4O. The van der Waals surface area contributed by atoms with E-state index in [0.29, 0.717) is 6.54 Å². The van der Waals surface area contributed by atoms with Crippen LogP contribution in [-0.4, -0.2) is 28.8 Å². The second-order valence-electron chi connectivity index (χ2n) is 5.80. The van der Waals surface area contributed by atoms with Gasteiger partial charge in [0.1, 0.15) is 0 Å². The number of aryl methyl sites for hydroxylation is 2. The second-order valence-corrected chi connectivity index (χ2v) is 5.80. The zero-order valence-corrected chi connectivity index (χ0v) is 13.6. The molecule has 0 radical (unpaired) electrons. The lowest BCUT2D eigenvalue weighted by Gasteiger charge is -2.32. The molecule has 0 saturated carbocycles. The molecule has 6 heteroatoms. The van der Waals surface area contributed by atoms with Crippen LogP contribution in [0.15, 0.2) is 0 Å². The lowest BCUT2D eigenvalue weighted by molar-refractivity contribution is -0.131. The Balaban J connectivity index is 0.00000200. The third-order valence-corrected chi connectivity index (χ3v) is 4.23. The number of nitrogens with one attached hydrogen (secondary N) is 2. The van der Waals surface area contributed by atoms with E-state index in [1.54, 1.807) is 0 Å². The molecule has 1 aromatic heterocycles. The molecule has 1 atom stereocenters. The van der Waals surface area contributed by atoms with Crippen LogP contribution in [-0.2, 0) is 18.4 Å². The van der Waals surface area contributed by atoms with Crippen molar-refractivity contribution in [2.75, 3.05) is 13.1 Å². The van der Waals surface area contributed by atoms with Crippen molar-refractivity contribution in [1.29, 1.82) is 0 Å². The third-order valence-electron chi connectivity index (χ3n) is 4.23. The van der Waals surface area contributed by atoms with Gasteiger partial charge >= 0.3 is 0 Å². The zero-order chi connectivity index (χ0) is 14.0. The number of nitrogens with zero attached hydrogens (tertiary/aromatic N) is 2. The van der Waals surface area contributed by atoms with Crippen LogP contribution >= 0.6 is 12.4 Å². The van der Waals surface area contributed by atoms with E-state index >= 15 is 0 Å². The van der Waals surface area contributed by atoms with Crippen molar-refractivity contribution in [3.05, 3.63) is 17.0 Å². The van der Waals surface area contributed by atoms with Crippen molar-refractivity contribution in [2.24, 2.45) is 12.5 Å². The van der Waals surface area contributed by atoms with E-state index in [-0.39, 0.29) is 23.7 Å². The highest BCUT2D eigenvalue weighted by molar-refractivity contribution is 5.85. The van der Waals surface area contributed by atoms with E-state index in [4.69, 9.17) is 0 Å².